The van der Waals surface area contributed by atoms with E-state index in [1.54, 1.807) is 5.56 Å². The Balaban J connectivity index is 1.95. The lowest BCUT2D eigenvalue weighted by atomic mass is 9.78. The first-order valence-electron chi connectivity index (χ1n) is 7.05. The summed E-state index contributed by atoms with van der Waals surface area (Å²) in [4.78, 5) is 0. The van der Waals surface area contributed by atoms with E-state index in [4.69, 9.17) is 0 Å². The van der Waals surface area contributed by atoms with Crippen LogP contribution >= 0.6 is 0 Å². The molecule has 0 unspecified atom stereocenters. The Morgan fingerprint density at radius 1 is 1.06 bits per heavy atom. The molecular weight excluding hydrogens is 204 g/mol. The molecule has 0 bridgehead atoms. The van der Waals surface area contributed by atoms with Crippen molar-refractivity contribution in [3.05, 3.63) is 47.5 Å². The summed E-state index contributed by atoms with van der Waals surface area (Å²) in [6, 6.07) is 9.29. The lowest BCUT2D eigenvalue weighted by molar-refractivity contribution is 0.375. The van der Waals surface area contributed by atoms with Crippen molar-refractivity contribution in [2.45, 2.75) is 51.9 Å². The first-order valence-corrected chi connectivity index (χ1v) is 7.05. The number of hydrogen-bond acceptors (Lipinski definition) is 0. The number of rotatable bonds is 3. The van der Waals surface area contributed by atoms with E-state index in [9.17, 15) is 0 Å². The highest BCUT2D eigenvalue weighted by atomic mass is 14.2. The highest BCUT2D eigenvalue weighted by Gasteiger charge is 2.20. The van der Waals surface area contributed by atoms with Crippen molar-refractivity contribution in [2.24, 2.45) is 5.92 Å². The normalized spacial score (nSPS) is 25.3. The van der Waals surface area contributed by atoms with Crippen molar-refractivity contribution in [1.82, 2.24) is 0 Å². The zero-order valence-electron chi connectivity index (χ0n) is 11.2. The third kappa shape index (κ3) is 3.21. The van der Waals surface area contributed by atoms with Crippen molar-refractivity contribution in [1.29, 1.82) is 0 Å². The second kappa shape index (κ2) is 6.05. The van der Waals surface area contributed by atoms with Gasteiger partial charge in [0.05, 0.1) is 0 Å². The molecule has 1 aromatic rings. The molecule has 0 atom stereocenters. The summed E-state index contributed by atoms with van der Waals surface area (Å²) in [5, 5.41) is 0. The Kier molecular flexibility index (Phi) is 4.42. The summed E-state index contributed by atoms with van der Waals surface area (Å²) < 4.78 is 0. The molecule has 0 aromatic heterocycles. The molecule has 17 heavy (non-hydrogen) atoms. The van der Waals surface area contributed by atoms with E-state index in [2.05, 4.69) is 50.3 Å². The molecular formula is C17H24. The van der Waals surface area contributed by atoms with Gasteiger partial charge in [-0.05, 0) is 62.0 Å². The molecule has 0 N–H and O–H groups in total. The van der Waals surface area contributed by atoms with Gasteiger partial charge < -0.3 is 0 Å². The summed E-state index contributed by atoms with van der Waals surface area (Å²) in [6.07, 6.45) is 11.2. The van der Waals surface area contributed by atoms with Crippen molar-refractivity contribution in [3.63, 3.8) is 0 Å². The van der Waals surface area contributed by atoms with E-state index >= 15 is 0 Å². The minimum atomic E-state index is 0.808. The maximum atomic E-state index is 2.39. The molecule has 2 rings (SSSR count). The summed E-state index contributed by atoms with van der Waals surface area (Å²) in [7, 11) is 0. The minimum Gasteiger partial charge on any atom is -0.0914 e. The van der Waals surface area contributed by atoms with Crippen molar-refractivity contribution in [3.8, 4) is 0 Å². The topological polar surface area (TPSA) is 0 Å². The van der Waals surface area contributed by atoms with Crippen LogP contribution in [0.3, 0.4) is 0 Å². The van der Waals surface area contributed by atoms with Crippen molar-refractivity contribution in [2.75, 3.05) is 0 Å². The van der Waals surface area contributed by atoms with Gasteiger partial charge in [0.25, 0.3) is 0 Å². The third-order valence-electron chi connectivity index (χ3n) is 4.10. The van der Waals surface area contributed by atoms with Crippen LogP contribution in [0.4, 0.5) is 0 Å². The predicted molar refractivity (Wildman–Crippen MR) is 75.3 cm³/mol. The highest BCUT2D eigenvalue weighted by Crippen LogP contribution is 2.36. The molecule has 0 aliphatic heterocycles. The molecule has 0 amide bonds. The van der Waals surface area contributed by atoms with Gasteiger partial charge in [-0.2, -0.15) is 0 Å². The summed E-state index contributed by atoms with van der Waals surface area (Å²) in [6.45, 7) is 4.35. The first kappa shape index (κ1) is 12.4. The highest BCUT2D eigenvalue weighted by molar-refractivity contribution is 5.25. The van der Waals surface area contributed by atoms with Gasteiger partial charge >= 0.3 is 0 Å². The fourth-order valence-electron chi connectivity index (χ4n) is 2.94. The summed E-state index contributed by atoms with van der Waals surface area (Å²) >= 11 is 0. The molecule has 0 heteroatoms. The van der Waals surface area contributed by atoms with Crippen molar-refractivity contribution >= 4 is 0 Å². The van der Waals surface area contributed by atoms with Gasteiger partial charge in [0, 0.05) is 0 Å². The maximum absolute atomic E-state index is 2.39. The van der Waals surface area contributed by atoms with Gasteiger partial charge in [-0.15, -0.1) is 0 Å². The number of aryl methyl sites for hydroxylation is 1. The molecule has 0 heterocycles. The van der Waals surface area contributed by atoms with Gasteiger partial charge in [-0.3, -0.25) is 0 Å². The number of hydrogen-bond donors (Lipinski definition) is 0. The van der Waals surface area contributed by atoms with E-state index in [1.165, 1.54) is 31.2 Å². The van der Waals surface area contributed by atoms with E-state index < -0.39 is 0 Å². The van der Waals surface area contributed by atoms with Crippen LogP contribution in [0.5, 0.6) is 0 Å². The Morgan fingerprint density at radius 3 is 2.24 bits per heavy atom. The predicted octanol–water partition coefficient (Wildman–Crippen LogP) is 5.10. The Bertz CT molecular complexity index is 350. The van der Waals surface area contributed by atoms with E-state index in [1.807, 2.05) is 0 Å². The van der Waals surface area contributed by atoms with Crippen LogP contribution in [0.15, 0.2) is 36.4 Å². The average Bonchev–Trinajstić information content (AvgIpc) is 2.40. The molecule has 0 nitrogen and oxygen atoms in total. The van der Waals surface area contributed by atoms with Crippen LogP contribution in [-0.4, -0.2) is 0 Å². The third-order valence-corrected chi connectivity index (χ3v) is 4.10. The standard InChI is InChI=1S/C17H24/c1-3-5-15-8-12-17(13-9-15)16-10-6-14(4-2)7-11-16/h3,5-7,10-11,15,17H,4,8-9,12-13H2,1-2H3/b5-3+. The van der Waals surface area contributed by atoms with Crippen LogP contribution in [0.2, 0.25) is 0 Å². The van der Waals surface area contributed by atoms with E-state index in [0.717, 1.165) is 18.3 Å². The largest absolute Gasteiger partial charge is 0.0914 e. The van der Waals surface area contributed by atoms with Crippen LogP contribution in [0.1, 0.15) is 56.6 Å². The molecule has 1 fully saturated rings. The maximum Gasteiger partial charge on any atom is -0.0162 e. The molecule has 92 valence electrons. The fraction of sp³-hybridized carbons (Fsp3) is 0.529. The molecule has 1 aliphatic carbocycles. The van der Waals surface area contributed by atoms with Gasteiger partial charge in [0.15, 0.2) is 0 Å². The average molecular weight is 228 g/mol. The van der Waals surface area contributed by atoms with E-state index in [-0.39, 0.29) is 0 Å². The number of allylic oxidation sites excluding steroid dienone is 2. The monoisotopic (exact) mass is 228 g/mol. The second-order valence-electron chi connectivity index (χ2n) is 5.23. The van der Waals surface area contributed by atoms with Crippen LogP contribution in [0.25, 0.3) is 0 Å². The van der Waals surface area contributed by atoms with E-state index in [0.29, 0.717) is 0 Å². The molecule has 1 aromatic carbocycles. The summed E-state index contributed by atoms with van der Waals surface area (Å²) in [5.74, 6) is 1.65. The number of benzene rings is 1. The lowest BCUT2D eigenvalue weighted by Gasteiger charge is -2.27. The SMILES string of the molecule is C/C=C/C1CCC(c2ccc(CC)cc2)CC1. The van der Waals surface area contributed by atoms with Gasteiger partial charge in [-0.25, -0.2) is 0 Å². The van der Waals surface area contributed by atoms with Gasteiger partial charge in [0.1, 0.15) is 0 Å². The Morgan fingerprint density at radius 2 is 1.71 bits per heavy atom. The first-order chi connectivity index (χ1) is 8.33. The van der Waals surface area contributed by atoms with Crippen LogP contribution in [-0.2, 0) is 6.42 Å². The molecule has 1 saturated carbocycles. The van der Waals surface area contributed by atoms with Crippen LogP contribution in [0, 0.1) is 5.92 Å². The minimum absolute atomic E-state index is 0.808. The molecule has 0 spiro atoms. The fourth-order valence-corrected chi connectivity index (χ4v) is 2.94. The van der Waals surface area contributed by atoms with Crippen molar-refractivity contribution < 1.29 is 0 Å². The zero-order valence-corrected chi connectivity index (χ0v) is 11.2. The molecule has 1 aliphatic rings. The summed E-state index contributed by atoms with van der Waals surface area (Å²) in [5.41, 5.74) is 3.01. The zero-order chi connectivity index (χ0) is 12.1. The molecule has 0 saturated heterocycles. The second-order valence-corrected chi connectivity index (χ2v) is 5.23. The Hall–Kier alpha value is -1.04. The smallest absolute Gasteiger partial charge is 0.0162 e. The Labute approximate surface area is 106 Å². The lowest BCUT2D eigenvalue weighted by Crippen LogP contribution is -2.11. The van der Waals surface area contributed by atoms with Crippen LogP contribution < -0.4 is 0 Å². The molecule has 0 radical (unpaired) electrons. The van der Waals surface area contributed by atoms with Gasteiger partial charge in [0.2, 0.25) is 0 Å². The van der Waals surface area contributed by atoms with Gasteiger partial charge in [-0.1, -0.05) is 43.3 Å². The quantitative estimate of drug-likeness (QED) is 0.631.